The molecule has 3 rings (SSSR count). The highest BCUT2D eigenvalue weighted by molar-refractivity contribution is 14.0. The summed E-state index contributed by atoms with van der Waals surface area (Å²) in [7, 11) is 1.80. The molecule has 2 aromatic rings. The van der Waals surface area contributed by atoms with E-state index in [9.17, 15) is 4.79 Å². The summed E-state index contributed by atoms with van der Waals surface area (Å²) >= 11 is 0. The maximum Gasteiger partial charge on any atom is 0.253 e. The number of nitrogens with zero attached hydrogens (tertiary/aromatic N) is 2. The third kappa shape index (κ3) is 6.21. The van der Waals surface area contributed by atoms with Gasteiger partial charge in [-0.05, 0) is 49.9 Å². The summed E-state index contributed by atoms with van der Waals surface area (Å²) < 4.78 is 0. The Morgan fingerprint density at radius 2 is 1.65 bits per heavy atom. The Hall–Kier alpha value is -2.09. The van der Waals surface area contributed by atoms with Crippen molar-refractivity contribution in [1.82, 2.24) is 15.5 Å². The maximum atomic E-state index is 12.4. The van der Waals surface area contributed by atoms with Crippen LogP contribution in [0.15, 0.2) is 59.6 Å². The number of hydrogen-bond donors (Lipinski definition) is 2. The summed E-state index contributed by atoms with van der Waals surface area (Å²) in [5.41, 5.74) is 3.48. The predicted molar refractivity (Wildman–Crippen MR) is 139 cm³/mol. The van der Waals surface area contributed by atoms with E-state index in [0.29, 0.717) is 6.54 Å². The fraction of sp³-hybridized carbons (Fsp3) is 0.440. The Kier molecular flexibility index (Phi) is 9.81. The molecule has 31 heavy (non-hydrogen) atoms. The standard InChI is InChI=1S/C25H34N4O.HI/c1-4-29(5-2)23(30)21-14-12-20(13-15-21)18-27-24(26-3)28-19-25(16-9-17-25)22-10-7-6-8-11-22;/h6-8,10-15H,4-5,9,16-19H2,1-3H3,(H2,26,27,28);1H. The molecule has 0 heterocycles. The van der Waals surface area contributed by atoms with Crippen LogP contribution in [0.3, 0.4) is 0 Å². The smallest absolute Gasteiger partial charge is 0.253 e. The van der Waals surface area contributed by atoms with Crippen molar-refractivity contribution in [1.29, 1.82) is 0 Å². The van der Waals surface area contributed by atoms with E-state index in [1.165, 1.54) is 24.8 Å². The lowest BCUT2D eigenvalue weighted by Crippen LogP contribution is -2.48. The second-order valence-corrected chi connectivity index (χ2v) is 7.95. The van der Waals surface area contributed by atoms with Crippen molar-refractivity contribution in [2.24, 2.45) is 4.99 Å². The zero-order valence-corrected chi connectivity index (χ0v) is 21.2. The predicted octanol–water partition coefficient (Wildman–Crippen LogP) is 4.57. The van der Waals surface area contributed by atoms with Crippen LogP contribution in [-0.2, 0) is 12.0 Å². The normalized spacial score (nSPS) is 14.7. The Morgan fingerprint density at radius 3 is 2.16 bits per heavy atom. The minimum absolute atomic E-state index is 0. The molecule has 0 radical (unpaired) electrons. The molecule has 0 unspecified atom stereocenters. The van der Waals surface area contributed by atoms with Crippen LogP contribution in [0.4, 0.5) is 0 Å². The van der Waals surface area contributed by atoms with Crippen LogP contribution in [0, 0.1) is 0 Å². The molecule has 0 aliphatic heterocycles. The van der Waals surface area contributed by atoms with Gasteiger partial charge in [0, 0.05) is 44.2 Å². The number of guanidine groups is 1. The molecular weight excluding hydrogens is 499 g/mol. The van der Waals surface area contributed by atoms with Gasteiger partial charge in [0.2, 0.25) is 0 Å². The van der Waals surface area contributed by atoms with Gasteiger partial charge in [-0.1, -0.05) is 48.9 Å². The molecule has 2 N–H and O–H groups in total. The lowest BCUT2D eigenvalue weighted by molar-refractivity contribution is 0.0773. The van der Waals surface area contributed by atoms with E-state index >= 15 is 0 Å². The minimum atomic E-state index is 0. The number of aliphatic imine (C=N–C) groups is 1. The third-order valence-electron chi connectivity index (χ3n) is 6.23. The summed E-state index contributed by atoms with van der Waals surface area (Å²) in [5.74, 6) is 0.893. The van der Waals surface area contributed by atoms with Crippen molar-refractivity contribution >= 4 is 35.8 Å². The first-order chi connectivity index (χ1) is 14.6. The molecule has 168 valence electrons. The molecule has 6 heteroatoms. The van der Waals surface area contributed by atoms with E-state index in [-0.39, 0.29) is 35.3 Å². The van der Waals surface area contributed by atoms with Crippen molar-refractivity contribution in [2.75, 3.05) is 26.7 Å². The first-order valence-electron chi connectivity index (χ1n) is 11.0. The SMILES string of the molecule is CCN(CC)C(=O)c1ccc(CNC(=NC)NCC2(c3ccccc3)CCC2)cc1.I. The van der Waals surface area contributed by atoms with E-state index in [1.807, 2.05) is 43.0 Å². The van der Waals surface area contributed by atoms with Gasteiger partial charge in [-0.3, -0.25) is 9.79 Å². The molecular formula is C25H35IN4O. The van der Waals surface area contributed by atoms with E-state index in [0.717, 1.165) is 36.7 Å². The van der Waals surface area contributed by atoms with Gasteiger partial charge in [0.25, 0.3) is 5.91 Å². The van der Waals surface area contributed by atoms with Crippen molar-refractivity contribution in [3.8, 4) is 0 Å². The highest BCUT2D eigenvalue weighted by atomic mass is 127. The summed E-state index contributed by atoms with van der Waals surface area (Å²) in [6, 6.07) is 18.6. The molecule has 1 saturated carbocycles. The summed E-state index contributed by atoms with van der Waals surface area (Å²) in [5, 5.41) is 6.91. The average molecular weight is 534 g/mol. The summed E-state index contributed by atoms with van der Waals surface area (Å²) in [6.45, 7) is 7.01. The van der Waals surface area contributed by atoms with Gasteiger partial charge in [0.1, 0.15) is 0 Å². The average Bonchev–Trinajstić information content (AvgIpc) is 2.77. The molecule has 0 spiro atoms. The lowest BCUT2D eigenvalue weighted by atomic mass is 9.64. The Labute approximate surface area is 203 Å². The number of nitrogens with one attached hydrogen (secondary N) is 2. The highest BCUT2D eigenvalue weighted by Gasteiger charge is 2.38. The second kappa shape index (κ2) is 12.1. The van der Waals surface area contributed by atoms with E-state index in [2.05, 4.69) is 46.0 Å². The molecule has 0 bridgehead atoms. The number of carbonyl (C=O) groups excluding carboxylic acids is 1. The van der Waals surface area contributed by atoms with Crippen molar-refractivity contribution in [3.05, 3.63) is 71.3 Å². The fourth-order valence-electron chi connectivity index (χ4n) is 4.08. The van der Waals surface area contributed by atoms with Gasteiger partial charge < -0.3 is 15.5 Å². The molecule has 0 saturated heterocycles. The maximum absolute atomic E-state index is 12.4. The first-order valence-corrected chi connectivity index (χ1v) is 11.0. The van der Waals surface area contributed by atoms with Crippen molar-refractivity contribution < 1.29 is 4.79 Å². The molecule has 2 aromatic carbocycles. The molecule has 1 aliphatic rings. The monoisotopic (exact) mass is 534 g/mol. The Bertz CT molecular complexity index is 844. The first kappa shape index (κ1) is 25.2. The van der Waals surface area contributed by atoms with Crippen LogP contribution in [0.2, 0.25) is 0 Å². The largest absolute Gasteiger partial charge is 0.356 e. The van der Waals surface area contributed by atoms with Crippen molar-refractivity contribution in [2.45, 2.75) is 45.1 Å². The van der Waals surface area contributed by atoms with Crippen LogP contribution < -0.4 is 10.6 Å². The van der Waals surface area contributed by atoms with Gasteiger partial charge >= 0.3 is 0 Å². The Balaban J connectivity index is 0.00000341. The van der Waals surface area contributed by atoms with Gasteiger partial charge in [0.05, 0.1) is 0 Å². The minimum Gasteiger partial charge on any atom is -0.356 e. The zero-order valence-electron chi connectivity index (χ0n) is 18.9. The number of amides is 1. The van der Waals surface area contributed by atoms with E-state index < -0.39 is 0 Å². The molecule has 1 aliphatic carbocycles. The fourth-order valence-corrected chi connectivity index (χ4v) is 4.08. The molecule has 1 fully saturated rings. The van der Waals surface area contributed by atoms with Crippen LogP contribution in [0.5, 0.6) is 0 Å². The molecule has 1 amide bonds. The van der Waals surface area contributed by atoms with E-state index in [4.69, 9.17) is 0 Å². The summed E-state index contributed by atoms with van der Waals surface area (Å²) in [4.78, 5) is 18.7. The van der Waals surface area contributed by atoms with Crippen LogP contribution >= 0.6 is 24.0 Å². The van der Waals surface area contributed by atoms with Crippen LogP contribution in [0.1, 0.15) is 54.6 Å². The highest BCUT2D eigenvalue weighted by Crippen LogP contribution is 2.43. The number of benzene rings is 2. The zero-order chi connectivity index (χ0) is 21.4. The van der Waals surface area contributed by atoms with Gasteiger partial charge in [-0.15, -0.1) is 24.0 Å². The number of rotatable bonds is 8. The second-order valence-electron chi connectivity index (χ2n) is 7.95. The molecule has 5 nitrogen and oxygen atoms in total. The molecule has 0 aromatic heterocycles. The van der Waals surface area contributed by atoms with Gasteiger partial charge in [-0.25, -0.2) is 0 Å². The van der Waals surface area contributed by atoms with Gasteiger partial charge in [-0.2, -0.15) is 0 Å². The lowest BCUT2D eigenvalue weighted by Gasteiger charge is -2.43. The quantitative estimate of drug-likeness (QED) is 0.297. The third-order valence-corrected chi connectivity index (χ3v) is 6.23. The number of carbonyl (C=O) groups is 1. The Morgan fingerprint density at radius 1 is 1.00 bits per heavy atom. The van der Waals surface area contributed by atoms with Gasteiger partial charge in [0.15, 0.2) is 5.96 Å². The summed E-state index contributed by atoms with van der Waals surface area (Å²) in [6.07, 6.45) is 3.70. The van der Waals surface area contributed by atoms with E-state index in [1.54, 1.807) is 7.05 Å². The van der Waals surface area contributed by atoms with Crippen LogP contribution in [-0.4, -0.2) is 43.4 Å². The van der Waals surface area contributed by atoms with Crippen molar-refractivity contribution in [3.63, 3.8) is 0 Å². The van der Waals surface area contributed by atoms with Crippen LogP contribution in [0.25, 0.3) is 0 Å². The molecule has 0 atom stereocenters. The topological polar surface area (TPSA) is 56.7 Å². The number of hydrogen-bond acceptors (Lipinski definition) is 2. The number of halogens is 1.